The van der Waals surface area contributed by atoms with Gasteiger partial charge in [-0.05, 0) is 116 Å². The van der Waals surface area contributed by atoms with Crippen LogP contribution in [-0.4, -0.2) is 37.2 Å². The first-order valence-corrected chi connectivity index (χ1v) is 31.0. The predicted octanol–water partition coefficient (Wildman–Crippen LogP) is 21.2. The van der Waals surface area contributed by atoms with Crippen LogP contribution in [0.15, 0.2) is 122 Å². The Morgan fingerprint density at radius 2 is 0.520 bits per heavy atom. The van der Waals surface area contributed by atoms with Gasteiger partial charge >= 0.3 is 17.9 Å². The van der Waals surface area contributed by atoms with Crippen molar-refractivity contribution in [1.29, 1.82) is 0 Å². The second kappa shape index (κ2) is 62.4. The van der Waals surface area contributed by atoms with Crippen LogP contribution in [-0.2, 0) is 28.6 Å². The van der Waals surface area contributed by atoms with Crippen molar-refractivity contribution in [3.8, 4) is 0 Å². The zero-order valence-electron chi connectivity index (χ0n) is 48.8. The molecule has 0 fully saturated rings. The highest BCUT2D eigenvalue weighted by molar-refractivity contribution is 5.71. The second-order valence-electron chi connectivity index (χ2n) is 20.2. The SMILES string of the molecule is CC/C=C\C/C=C\C/C=C\C/C=C\C/C=C\C/C=C\C/C=C\C/C=C\CCCCCCCCCCCCC(=O)OCC(COC(=O)CCCCCCCCC)OC(=O)CCCCCCC/C=C\C/C=C\CCCCC. The first-order chi connectivity index (χ1) is 37.0. The summed E-state index contributed by atoms with van der Waals surface area (Å²) in [6.07, 6.45) is 86.6. The molecule has 0 rings (SSSR count). The molecule has 6 nitrogen and oxygen atoms in total. The first-order valence-electron chi connectivity index (χ1n) is 31.0. The molecule has 426 valence electrons. The number of allylic oxidation sites excluding steroid dienone is 20. The van der Waals surface area contributed by atoms with Gasteiger partial charge in [0.05, 0.1) is 0 Å². The van der Waals surface area contributed by atoms with Crippen LogP contribution in [0.3, 0.4) is 0 Å². The predicted molar refractivity (Wildman–Crippen MR) is 325 cm³/mol. The third-order valence-corrected chi connectivity index (χ3v) is 13.0. The van der Waals surface area contributed by atoms with Gasteiger partial charge in [0, 0.05) is 19.3 Å². The zero-order valence-corrected chi connectivity index (χ0v) is 48.8. The molecule has 0 aliphatic rings. The van der Waals surface area contributed by atoms with Crippen LogP contribution in [0.2, 0.25) is 0 Å². The van der Waals surface area contributed by atoms with E-state index in [1.54, 1.807) is 0 Å². The maximum absolute atomic E-state index is 12.8. The summed E-state index contributed by atoms with van der Waals surface area (Å²) in [7, 11) is 0. The largest absolute Gasteiger partial charge is 0.462 e. The summed E-state index contributed by atoms with van der Waals surface area (Å²) in [5.74, 6) is -0.909. The van der Waals surface area contributed by atoms with Crippen LogP contribution < -0.4 is 0 Å². The third kappa shape index (κ3) is 60.6. The van der Waals surface area contributed by atoms with E-state index in [9.17, 15) is 14.4 Å². The van der Waals surface area contributed by atoms with Crippen molar-refractivity contribution in [1.82, 2.24) is 0 Å². The summed E-state index contributed by atoms with van der Waals surface area (Å²) < 4.78 is 16.8. The number of hydrogen-bond donors (Lipinski definition) is 0. The van der Waals surface area contributed by atoms with Gasteiger partial charge in [-0.1, -0.05) is 264 Å². The highest BCUT2D eigenvalue weighted by Crippen LogP contribution is 2.15. The van der Waals surface area contributed by atoms with Gasteiger partial charge in [0.1, 0.15) is 13.2 Å². The minimum atomic E-state index is -0.785. The van der Waals surface area contributed by atoms with E-state index in [1.165, 1.54) is 103 Å². The minimum Gasteiger partial charge on any atom is -0.462 e. The number of esters is 3. The van der Waals surface area contributed by atoms with Gasteiger partial charge in [0.2, 0.25) is 0 Å². The fraction of sp³-hybridized carbons (Fsp3) is 0.667. The second-order valence-corrected chi connectivity index (χ2v) is 20.2. The highest BCUT2D eigenvalue weighted by Gasteiger charge is 2.19. The average Bonchev–Trinajstić information content (AvgIpc) is 3.41. The first kappa shape index (κ1) is 70.8. The molecule has 0 aromatic rings. The van der Waals surface area contributed by atoms with Crippen LogP contribution >= 0.6 is 0 Å². The molecule has 0 aromatic carbocycles. The molecule has 0 saturated heterocycles. The van der Waals surface area contributed by atoms with Crippen molar-refractivity contribution in [2.24, 2.45) is 0 Å². The lowest BCUT2D eigenvalue weighted by atomic mass is 10.1. The Morgan fingerprint density at radius 3 is 0.840 bits per heavy atom. The fourth-order valence-corrected chi connectivity index (χ4v) is 8.31. The van der Waals surface area contributed by atoms with E-state index in [4.69, 9.17) is 14.2 Å². The molecule has 1 unspecified atom stereocenters. The third-order valence-electron chi connectivity index (χ3n) is 13.0. The fourth-order valence-electron chi connectivity index (χ4n) is 8.31. The van der Waals surface area contributed by atoms with Gasteiger partial charge in [-0.25, -0.2) is 0 Å². The van der Waals surface area contributed by atoms with Crippen molar-refractivity contribution >= 4 is 17.9 Å². The Kier molecular flexibility index (Phi) is 58.9. The molecule has 0 heterocycles. The Bertz CT molecular complexity index is 1570. The summed E-state index contributed by atoms with van der Waals surface area (Å²) >= 11 is 0. The minimum absolute atomic E-state index is 0.0846. The number of carbonyl (C=O) groups excluding carboxylic acids is 3. The topological polar surface area (TPSA) is 78.9 Å². The summed E-state index contributed by atoms with van der Waals surface area (Å²) in [6, 6.07) is 0. The molecule has 0 spiro atoms. The molecule has 0 aliphatic carbocycles. The van der Waals surface area contributed by atoms with Gasteiger partial charge in [0.15, 0.2) is 6.10 Å². The molecular formula is C69H114O6. The molecule has 6 heteroatoms. The van der Waals surface area contributed by atoms with E-state index < -0.39 is 6.10 Å². The maximum Gasteiger partial charge on any atom is 0.306 e. The van der Waals surface area contributed by atoms with E-state index in [2.05, 4.69) is 142 Å². The van der Waals surface area contributed by atoms with Crippen LogP contribution in [0.1, 0.15) is 278 Å². The molecule has 0 aliphatic heterocycles. The van der Waals surface area contributed by atoms with E-state index in [0.717, 1.165) is 135 Å². The number of carbonyl (C=O) groups is 3. The van der Waals surface area contributed by atoms with Crippen molar-refractivity contribution in [3.63, 3.8) is 0 Å². The molecule has 0 N–H and O–H groups in total. The van der Waals surface area contributed by atoms with E-state index in [0.29, 0.717) is 19.3 Å². The Labute approximate surface area is 462 Å². The molecule has 75 heavy (non-hydrogen) atoms. The van der Waals surface area contributed by atoms with Crippen molar-refractivity contribution in [2.75, 3.05) is 13.2 Å². The standard InChI is InChI=1S/C69H114O6/c1-4-7-10-13-16-18-20-22-24-25-26-27-28-29-30-31-32-33-34-35-36-37-38-39-40-41-42-43-45-46-48-50-53-56-59-62-68(71)74-65-66(64-73-67(70)61-58-55-52-15-12-9-6-3)75-69(72)63-60-57-54-51-49-47-44-23-21-19-17-14-11-8-5-2/h7,10,16-19,22-24,26-27,29-30,32-33,35-36,38-39,44,66H,4-6,8-9,11-15,20-21,25,28,31,34,37,40-43,45-65H2,1-3H3/b10-7-,18-16-,19-17-,24-22-,27-26-,30-29-,33-32-,36-35-,39-38-,44-23-. The Balaban J connectivity index is 4.10. The number of rotatable bonds is 55. The molecule has 0 aromatic heterocycles. The summed E-state index contributed by atoms with van der Waals surface area (Å²) in [4.78, 5) is 38.0. The smallest absolute Gasteiger partial charge is 0.306 e. The zero-order chi connectivity index (χ0) is 54.3. The van der Waals surface area contributed by atoms with Gasteiger partial charge in [-0.15, -0.1) is 0 Å². The Morgan fingerprint density at radius 1 is 0.280 bits per heavy atom. The number of hydrogen-bond acceptors (Lipinski definition) is 6. The van der Waals surface area contributed by atoms with E-state index >= 15 is 0 Å². The molecule has 1 atom stereocenters. The van der Waals surface area contributed by atoms with Gasteiger partial charge in [-0.2, -0.15) is 0 Å². The molecule has 0 radical (unpaired) electrons. The lowest BCUT2D eigenvalue weighted by Crippen LogP contribution is -2.30. The normalized spacial score (nSPS) is 12.9. The lowest BCUT2D eigenvalue weighted by Gasteiger charge is -2.18. The maximum atomic E-state index is 12.8. The number of unbranched alkanes of at least 4 members (excludes halogenated alkanes) is 24. The molecular weight excluding hydrogens is 925 g/mol. The van der Waals surface area contributed by atoms with Crippen LogP contribution in [0.25, 0.3) is 0 Å². The quantitative estimate of drug-likeness (QED) is 0.0261. The van der Waals surface area contributed by atoms with Crippen LogP contribution in [0, 0.1) is 0 Å². The van der Waals surface area contributed by atoms with Crippen molar-refractivity contribution in [2.45, 2.75) is 284 Å². The summed E-state index contributed by atoms with van der Waals surface area (Å²) in [5, 5.41) is 0. The molecule has 0 bridgehead atoms. The summed E-state index contributed by atoms with van der Waals surface area (Å²) in [5.41, 5.74) is 0. The van der Waals surface area contributed by atoms with Crippen molar-refractivity contribution in [3.05, 3.63) is 122 Å². The van der Waals surface area contributed by atoms with E-state index in [1.807, 2.05) is 0 Å². The van der Waals surface area contributed by atoms with E-state index in [-0.39, 0.29) is 31.1 Å². The van der Waals surface area contributed by atoms with Crippen molar-refractivity contribution < 1.29 is 28.6 Å². The molecule has 0 amide bonds. The molecule has 0 saturated carbocycles. The van der Waals surface area contributed by atoms with Gasteiger partial charge in [0.25, 0.3) is 0 Å². The number of ether oxygens (including phenoxy) is 3. The lowest BCUT2D eigenvalue weighted by molar-refractivity contribution is -0.167. The van der Waals surface area contributed by atoms with Gasteiger partial charge < -0.3 is 14.2 Å². The highest BCUT2D eigenvalue weighted by atomic mass is 16.6. The Hall–Kier alpha value is -4.19. The monoisotopic (exact) mass is 1040 g/mol. The van der Waals surface area contributed by atoms with Gasteiger partial charge in [-0.3, -0.25) is 14.4 Å². The summed E-state index contributed by atoms with van der Waals surface area (Å²) in [6.45, 7) is 6.44. The average molecular weight is 1040 g/mol. The van der Waals surface area contributed by atoms with Crippen LogP contribution in [0.4, 0.5) is 0 Å². The van der Waals surface area contributed by atoms with Crippen LogP contribution in [0.5, 0.6) is 0 Å².